The van der Waals surface area contributed by atoms with Gasteiger partial charge in [0.15, 0.2) is 0 Å². The van der Waals surface area contributed by atoms with Crippen LogP contribution in [-0.2, 0) is 6.42 Å². The van der Waals surface area contributed by atoms with E-state index in [1.165, 1.54) is 42.0 Å². The molecule has 1 aliphatic carbocycles. The summed E-state index contributed by atoms with van der Waals surface area (Å²) in [5, 5.41) is 14.8. The first kappa shape index (κ1) is 24.2. The predicted octanol–water partition coefficient (Wildman–Crippen LogP) is 6.17. The van der Waals surface area contributed by atoms with Crippen LogP contribution >= 0.6 is 23.2 Å². The zero-order valence-electron chi connectivity index (χ0n) is 18.8. The third kappa shape index (κ3) is 6.14. The number of fused-ring (bicyclic) bond motifs is 1. The molecule has 34 heavy (non-hydrogen) atoms. The molecule has 0 unspecified atom stereocenters. The molecule has 0 radical (unpaired) electrons. The van der Waals surface area contributed by atoms with Gasteiger partial charge in [0.1, 0.15) is 11.4 Å². The van der Waals surface area contributed by atoms with Crippen molar-refractivity contribution in [2.45, 2.75) is 26.2 Å². The molecule has 8 heteroatoms. The van der Waals surface area contributed by atoms with Gasteiger partial charge in [-0.1, -0.05) is 47.5 Å². The second-order valence-corrected chi connectivity index (χ2v) is 9.18. The van der Waals surface area contributed by atoms with Crippen molar-refractivity contribution < 1.29 is 9.90 Å². The van der Waals surface area contributed by atoms with Gasteiger partial charge in [-0.3, -0.25) is 0 Å². The van der Waals surface area contributed by atoms with E-state index >= 15 is 0 Å². The molecule has 0 spiro atoms. The van der Waals surface area contributed by atoms with Gasteiger partial charge in [0.05, 0.1) is 15.7 Å². The molecule has 0 aliphatic heterocycles. The van der Waals surface area contributed by atoms with E-state index in [1.54, 1.807) is 25.1 Å². The van der Waals surface area contributed by atoms with Gasteiger partial charge in [-0.25, -0.2) is 14.8 Å². The first-order chi connectivity index (χ1) is 16.4. The minimum absolute atomic E-state index is 0.0268. The highest BCUT2D eigenvalue weighted by molar-refractivity contribution is 6.42. The molecule has 2 aromatic carbocycles. The van der Waals surface area contributed by atoms with E-state index in [9.17, 15) is 4.79 Å². The molecule has 176 valence electrons. The Hall–Kier alpha value is -2.93. The molecule has 4 aromatic rings. The number of para-hydroxylation sites is 1. The number of hydrogen-bond acceptors (Lipinski definition) is 4. The Bertz CT molecular complexity index is 1300. The Morgan fingerprint density at radius 3 is 2.71 bits per heavy atom. The molecule has 0 bridgehead atoms. The van der Waals surface area contributed by atoms with Gasteiger partial charge in [0.25, 0.3) is 0 Å². The van der Waals surface area contributed by atoms with Crippen LogP contribution in [0.25, 0.3) is 22.2 Å². The number of carboxylic acids is 1. The first-order valence-corrected chi connectivity index (χ1v) is 12.0. The summed E-state index contributed by atoms with van der Waals surface area (Å²) >= 11 is 11.7. The highest BCUT2D eigenvalue weighted by Crippen LogP contribution is 2.29. The largest absolute Gasteiger partial charge is 0.478 e. The van der Waals surface area contributed by atoms with Crippen LogP contribution in [0.4, 0.5) is 0 Å². The van der Waals surface area contributed by atoms with Crippen LogP contribution in [0.3, 0.4) is 0 Å². The van der Waals surface area contributed by atoms with Gasteiger partial charge in [-0.2, -0.15) is 0 Å². The number of aromatic amines is 1. The third-order valence-electron chi connectivity index (χ3n) is 5.71. The summed E-state index contributed by atoms with van der Waals surface area (Å²) in [5.41, 5.74) is 3.62. The fourth-order valence-corrected chi connectivity index (χ4v) is 3.98. The van der Waals surface area contributed by atoms with Gasteiger partial charge in [0, 0.05) is 28.9 Å². The molecule has 0 atom stereocenters. The molecule has 1 fully saturated rings. The Balaban J connectivity index is 0.000000162. The number of carbonyl (C=O) groups is 1. The first-order valence-electron chi connectivity index (χ1n) is 11.2. The van der Waals surface area contributed by atoms with E-state index < -0.39 is 5.97 Å². The van der Waals surface area contributed by atoms with Crippen LogP contribution in [0.1, 0.15) is 34.6 Å². The van der Waals surface area contributed by atoms with Crippen LogP contribution in [0.5, 0.6) is 0 Å². The maximum atomic E-state index is 11.1. The number of aromatic carboxylic acids is 1. The molecule has 5 rings (SSSR count). The number of H-pyrrole nitrogens is 1. The number of halogens is 2. The summed E-state index contributed by atoms with van der Waals surface area (Å²) < 4.78 is 0. The number of nitrogens with one attached hydrogen (secondary N) is 2. The molecular formula is C26H26Cl2N4O2. The van der Waals surface area contributed by atoms with Crippen molar-refractivity contribution in [3.8, 4) is 11.3 Å². The van der Waals surface area contributed by atoms with Crippen molar-refractivity contribution in [1.82, 2.24) is 20.3 Å². The average molecular weight is 497 g/mol. The molecule has 2 heterocycles. The summed E-state index contributed by atoms with van der Waals surface area (Å²) in [7, 11) is 0. The Labute approximate surface area is 208 Å². The number of carboxylic acid groups (broad SMARTS) is 1. The zero-order chi connectivity index (χ0) is 24.1. The van der Waals surface area contributed by atoms with Crippen LogP contribution in [-0.4, -0.2) is 39.1 Å². The number of rotatable bonds is 7. The van der Waals surface area contributed by atoms with Crippen LogP contribution in [0.2, 0.25) is 10.0 Å². The minimum Gasteiger partial charge on any atom is -0.478 e. The zero-order valence-corrected chi connectivity index (χ0v) is 20.3. The van der Waals surface area contributed by atoms with Crippen molar-refractivity contribution in [3.05, 3.63) is 81.9 Å². The Kier molecular flexibility index (Phi) is 7.83. The van der Waals surface area contributed by atoms with E-state index in [2.05, 4.69) is 50.7 Å². The number of aryl methyl sites for hydroxylation is 1. The average Bonchev–Trinajstić information content (AvgIpc) is 3.57. The van der Waals surface area contributed by atoms with E-state index in [4.69, 9.17) is 28.3 Å². The Morgan fingerprint density at radius 2 is 1.97 bits per heavy atom. The third-order valence-corrected chi connectivity index (χ3v) is 6.45. The topological polar surface area (TPSA) is 90.9 Å². The van der Waals surface area contributed by atoms with E-state index in [1.807, 2.05) is 0 Å². The van der Waals surface area contributed by atoms with E-state index in [0.29, 0.717) is 27.1 Å². The van der Waals surface area contributed by atoms with Gasteiger partial charge in [-0.05, 0) is 69.0 Å². The normalized spacial score (nSPS) is 12.9. The monoisotopic (exact) mass is 496 g/mol. The molecule has 3 N–H and O–H groups in total. The SMILES string of the molecule is Cc1ncc(C(=O)O)c(-c2ccc(Cl)c(Cl)c2)n1.c1ccc2c(CCNCC3CC3)c[nH]c2c1. The molecule has 0 saturated heterocycles. The predicted molar refractivity (Wildman–Crippen MR) is 137 cm³/mol. The van der Waals surface area contributed by atoms with E-state index in [-0.39, 0.29) is 5.56 Å². The van der Waals surface area contributed by atoms with Gasteiger partial charge in [-0.15, -0.1) is 0 Å². The fraction of sp³-hybridized carbons (Fsp3) is 0.269. The number of benzene rings is 2. The maximum absolute atomic E-state index is 11.1. The molecule has 2 aromatic heterocycles. The summed E-state index contributed by atoms with van der Waals surface area (Å²) in [4.78, 5) is 22.5. The molecule has 1 saturated carbocycles. The lowest BCUT2D eigenvalue weighted by Gasteiger charge is -2.07. The van der Waals surface area contributed by atoms with Crippen molar-refractivity contribution >= 4 is 40.1 Å². The molecular weight excluding hydrogens is 471 g/mol. The lowest BCUT2D eigenvalue weighted by molar-refractivity contribution is 0.0697. The highest BCUT2D eigenvalue weighted by atomic mass is 35.5. The second-order valence-electron chi connectivity index (χ2n) is 8.37. The van der Waals surface area contributed by atoms with Gasteiger partial charge in [0.2, 0.25) is 0 Å². The van der Waals surface area contributed by atoms with Crippen molar-refractivity contribution in [2.24, 2.45) is 5.92 Å². The molecule has 1 aliphatic rings. The van der Waals surface area contributed by atoms with E-state index in [0.717, 1.165) is 18.9 Å². The van der Waals surface area contributed by atoms with Crippen LogP contribution < -0.4 is 5.32 Å². The lowest BCUT2D eigenvalue weighted by Crippen LogP contribution is -2.19. The maximum Gasteiger partial charge on any atom is 0.339 e. The van der Waals surface area contributed by atoms with Crippen molar-refractivity contribution in [2.75, 3.05) is 13.1 Å². The highest BCUT2D eigenvalue weighted by Gasteiger charge is 2.20. The minimum atomic E-state index is -1.09. The van der Waals surface area contributed by atoms with Crippen LogP contribution in [0, 0.1) is 12.8 Å². The summed E-state index contributed by atoms with van der Waals surface area (Å²) in [6.45, 7) is 3.99. The standard InChI is InChI=1S/C14H18N2.C12H8Cl2N2O2/c1-2-4-14-13(3-1)12(10-16-14)7-8-15-9-11-5-6-11;1-6-15-5-8(12(17)18)11(16-6)7-2-3-9(13)10(14)4-7/h1-4,10-11,15-16H,5-9H2;2-5H,1H3,(H,17,18). The molecule has 6 nitrogen and oxygen atoms in total. The summed E-state index contributed by atoms with van der Waals surface area (Å²) in [6.07, 6.45) is 7.41. The lowest BCUT2D eigenvalue weighted by atomic mass is 10.1. The summed E-state index contributed by atoms with van der Waals surface area (Å²) in [5.74, 6) is 0.375. The van der Waals surface area contributed by atoms with Gasteiger partial charge >= 0.3 is 5.97 Å². The Morgan fingerprint density at radius 1 is 1.18 bits per heavy atom. The fourth-order valence-electron chi connectivity index (χ4n) is 3.68. The number of hydrogen-bond donors (Lipinski definition) is 3. The number of aromatic nitrogens is 3. The number of nitrogens with zero attached hydrogens (tertiary/aromatic N) is 2. The smallest absolute Gasteiger partial charge is 0.339 e. The quantitative estimate of drug-likeness (QED) is 0.266. The summed E-state index contributed by atoms with van der Waals surface area (Å²) in [6, 6.07) is 13.4. The van der Waals surface area contributed by atoms with Crippen molar-refractivity contribution in [3.63, 3.8) is 0 Å². The second kappa shape index (κ2) is 11.0. The molecule has 0 amide bonds. The van der Waals surface area contributed by atoms with Crippen molar-refractivity contribution in [1.29, 1.82) is 0 Å². The van der Waals surface area contributed by atoms with Gasteiger partial charge < -0.3 is 15.4 Å². The van der Waals surface area contributed by atoms with Crippen LogP contribution in [0.15, 0.2) is 54.9 Å².